The maximum Gasteiger partial charge on any atom is 0.0743 e. The summed E-state index contributed by atoms with van der Waals surface area (Å²) in [4.78, 5) is 2.42. The van der Waals surface area contributed by atoms with Gasteiger partial charge in [-0.2, -0.15) is 0 Å². The Morgan fingerprint density at radius 3 is 3.13 bits per heavy atom. The topological polar surface area (TPSA) is 50.5 Å². The fraction of sp³-hybridized carbons (Fsp3) is 1.00. The summed E-state index contributed by atoms with van der Waals surface area (Å²) in [6, 6.07) is 0. The standard InChI is InChI=1S/C10H21N3O.ClH/c11-2-5-13-4-1-9-7-12-3-6-14-10(9)8-13;/h9-10,12H,1-8,11H2;1H/t9-,10-;/m0./s1. The number of nitrogens with two attached hydrogens (primary N) is 1. The second kappa shape index (κ2) is 6.66. The van der Waals surface area contributed by atoms with Crippen LogP contribution in [0, 0.1) is 5.92 Å². The molecule has 2 saturated heterocycles. The van der Waals surface area contributed by atoms with Crippen LogP contribution in [0.3, 0.4) is 0 Å². The quantitative estimate of drug-likeness (QED) is 0.689. The van der Waals surface area contributed by atoms with E-state index in [1.54, 1.807) is 0 Å². The first kappa shape index (κ1) is 13.2. The number of halogens is 1. The fourth-order valence-corrected chi connectivity index (χ4v) is 2.41. The van der Waals surface area contributed by atoms with Crippen LogP contribution in [0.1, 0.15) is 6.42 Å². The molecule has 0 amide bonds. The van der Waals surface area contributed by atoms with Crippen molar-refractivity contribution in [1.82, 2.24) is 10.2 Å². The predicted octanol–water partition coefficient (Wildman–Crippen LogP) is -0.323. The van der Waals surface area contributed by atoms with E-state index >= 15 is 0 Å². The molecule has 5 heteroatoms. The molecule has 90 valence electrons. The maximum atomic E-state index is 5.84. The Balaban J connectivity index is 0.00000112. The lowest BCUT2D eigenvalue weighted by molar-refractivity contribution is -0.0208. The lowest BCUT2D eigenvalue weighted by atomic mass is 9.94. The molecule has 0 saturated carbocycles. The monoisotopic (exact) mass is 235 g/mol. The molecule has 2 atom stereocenters. The molecule has 0 unspecified atom stereocenters. The molecule has 0 bridgehead atoms. The first-order valence-corrected chi connectivity index (χ1v) is 5.65. The number of fused-ring (bicyclic) bond motifs is 1. The average Bonchev–Trinajstić information content (AvgIpc) is 2.42. The van der Waals surface area contributed by atoms with Gasteiger partial charge in [0, 0.05) is 38.6 Å². The minimum Gasteiger partial charge on any atom is -0.375 e. The molecule has 2 aliphatic heterocycles. The van der Waals surface area contributed by atoms with E-state index in [1.165, 1.54) is 13.0 Å². The predicted molar refractivity (Wildman–Crippen MR) is 63.5 cm³/mol. The Morgan fingerprint density at radius 1 is 1.47 bits per heavy atom. The Kier molecular flexibility index (Phi) is 5.86. The van der Waals surface area contributed by atoms with Crippen molar-refractivity contribution < 1.29 is 4.74 Å². The van der Waals surface area contributed by atoms with Crippen LogP contribution in [-0.4, -0.2) is 56.9 Å². The van der Waals surface area contributed by atoms with Crippen molar-refractivity contribution in [1.29, 1.82) is 0 Å². The lowest BCUT2D eigenvalue weighted by Crippen LogP contribution is -2.47. The molecule has 0 radical (unpaired) electrons. The van der Waals surface area contributed by atoms with Crippen molar-refractivity contribution in [2.24, 2.45) is 11.7 Å². The molecule has 15 heavy (non-hydrogen) atoms. The SMILES string of the molecule is Cl.NCCN1CC[C@H]2CNCCO[C@H]2C1. The van der Waals surface area contributed by atoms with Crippen molar-refractivity contribution in [2.75, 3.05) is 45.9 Å². The zero-order valence-electron chi connectivity index (χ0n) is 9.15. The van der Waals surface area contributed by atoms with Gasteiger partial charge < -0.3 is 15.8 Å². The second-order valence-electron chi connectivity index (χ2n) is 4.25. The van der Waals surface area contributed by atoms with E-state index in [9.17, 15) is 0 Å². The summed E-state index contributed by atoms with van der Waals surface area (Å²) in [6.07, 6.45) is 1.68. The summed E-state index contributed by atoms with van der Waals surface area (Å²) in [7, 11) is 0. The number of hydrogen-bond donors (Lipinski definition) is 2. The van der Waals surface area contributed by atoms with Crippen LogP contribution in [0.2, 0.25) is 0 Å². The summed E-state index contributed by atoms with van der Waals surface area (Å²) in [6.45, 7) is 7.02. The van der Waals surface area contributed by atoms with E-state index in [4.69, 9.17) is 10.5 Å². The molecular formula is C10H22ClN3O. The molecule has 4 nitrogen and oxygen atoms in total. The highest BCUT2D eigenvalue weighted by atomic mass is 35.5. The Morgan fingerprint density at radius 2 is 2.33 bits per heavy atom. The number of rotatable bonds is 2. The van der Waals surface area contributed by atoms with Crippen LogP contribution in [0.15, 0.2) is 0 Å². The molecule has 0 aromatic rings. The zero-order chi connectivity index (χ0) is 9.80. The zero-order valence-corrected chi connectivity index (χ0v) is 9.97. The number of hydrogen-bond acceptors (Lipinski definition) is 4. The van der Waals surface area contributed by atoms with Gasteiger partial charge in [-0.1, -0.05) is 0 Å². The molecule has 0 aromatic carbocycles. The van der Waals surface area contributed by atoms with Crippen LogP contribution in [0.4, 0.5) is 0 Å². The molecule has 3 N–H and O–H groups in total. The van der Waals surface area contributed by atoms with Gasteiger partial charge in [0.2, 0.25) is 0 Å². The van der Waals surface area contributed by atoms with E-state index in [1.807, 2.05) is 0 Å². The Labute approximate surface area is 97.9 Å². The van der Waals surface area contributed by atoms with Crippen LogP contribution in [0.25, 0.3) is 0 Å². The van der Waals surface area contributed by atoms with Crippen LogP contribution in [-0.2, 0) is 4.74 Å². The highest BCUT2D eigenvalue weighted by Gasteiger charge is 2.30. The Hall–Kier alpha value is 0.130. The van der Waals surface area contributed by atoms with E-state index in [2.05, 4.69) is 10.2 Å². The van der Waals surface area contributed by atoms with Crippen molar-refractivity contribution >= 4 is 12.4 Å². The lowest BCUT2D eigenvalue weighted by Gasteiger charge is -2.36. The van der Waals surface area contributed by atoms with Crippen molar-refractivity contribution in [3.05, 3.63) is 0 Å². The summed E-state index contributed by atoms with van der Waals surface area (Å²) in [5, 5.41) is 3.43. The molecule has 0 aromatic heterocycles. The average molecular weight is 236 g/mol. The third kappa shape index (κ3) is 3.57. The van der Waals surface area contributed by atoms with Gasteiger partial charge in [-0.05, 0) is 13.0 Å². The maximum absolute atomic E-state index is 5.84. The summed E-state index contributed by atoms with van der Waals surface area (Å²) < 4.78 is 5.84. The highest BCUT2D eigenvalue weighted by molar-refractivity contribution is 5.85. The van der Waals surface area contributed by atoms with Crippen molar-refractivity contribution in [2.45, 2.75) is 12.5 Å². The van der Waals surface area contributed by atoms with E-state index in [0.29, 0.717) is 12.0 Å². The molecule has 2 heterocycles. The van der Waals surface area contributed by atoms with Gasteiger partial charge in [0.1, 0.15) is 0 Å². The highest BCUT2D eigenvalue weighted by Crippen LogP contribution is 2.20. The number of piperidine rings is 1. The summed E-state index contributed by atoms with van der Waals surface area (Å²) >= 11 is 0. The number of nitrogens with zero attached hydrogens (tertiary/aromatic N) is 1. The van der Waals surface area contributed by atoms with Gasteiger partial charge >= 0.3 is 0 Å². The third-order valence-corrected chi connectivity index (χ3v) is 3.24. The molecule has 0 aliphatic carbocycles. The second-order valence-corrected chi connectivity index (χ2v) is 4.25. The largest absolute Gasteiger partial charge is 0.375 e. The number of nitrogens with one attached hydrogen (secondary N) is 1. The normalized spacial score (nSPS) is 32.6. The minimum atomic E-state index is 0. The van der Waals surface area contributed by atoms with Crippen molar-refractivity contribution in [3.8, 4) is 0 Å². The molecule has 2 fully saturated rings. The van der Waals surface area contributed by atoms with Crippen LogP contribution >= 0.6 is 12.4 Å². The van der Waals surface area contributed by atoms with E-state index in [-0.39, 0.29) is 12.4 Å². The van der Waals surface area contributed by atoms with Crippen LogP contribution < -0.4 is 11.1 Å². The molecule has 2 aliphatic rings. The molecule has 2 rings (SSSR count). The van der Waals surface area contributed by atoms with Gasteiger partial charge in [0.15, 0.2) is 0 Å². The summed E-state index contributed by atoms with van der Waals surface area (Å²) in [5.41, 5.74) is 5.56. The van der Waals surface area contributed by atoms with E-state index < -0.39 is 0 Å². The Bertz CT molecular complexity index is 182. The molecule has 0 spiro atoms. The van der Waals surface area contributed by atoms with Crippen molar-refractivity contribution in [3.63, 3.8) is 0 Å². The number of likely N-dealkylation sites (tertiary alicyclic amines) is 1. The summed E-state index contributed by atoms with van der Waals surface area (Å²) in [5.74, 6) is 0.714. The van der Waals surface area contributed by atoms with Crippen LogP contribution in [0.5, 0.6) is 0 Å². The first-order chi connectivity index (χ1) is 6.90. The van der Waals surface area contributed by atoms with Gasteiger partial charge in [0.25, 0.3) is 0 Å². The molecular weight excluding hydrogens is 214 g/mol. The van der Waals surface area contributed by atoms with Gasteiger partial charge in [-0.3, -0.25) is 4.90 Å². The fourth-order valence-electron chi connectivity index (χ4n) is 2.41. The smallest absolute Gasteiger partial charge is 0.0743 e. The minimum absolute atomic E-state index is 0. The van der Waals surface area contributed by atoms with Gasteiger partial charge in [0.05, 0.1) is 12.7 Å². The van der Waals surface area contributed by atoms with Gasteiger partial charge in [-0.25, -0.2) is 0 Å². The number of ether oxygens (including phenoxy) is 1. The van der Waals surface area contributed by atoms with Gasteiger partial charge in [-0.15, -0.1) is 12.4 Å². The van der Waals surface area contributed by atoms with E-state index in [0.717, 1.165) is 39.3 Å². The third-order valence-electron chi connectivity index (χ3n) is 3.24. The first-order valence-electron chi connectivity index (χ1n) is 5.65.